The summed E-state index contributed by atoms with van der Waals surface area (Å²) < 4.78 is 0.993. The molecule has 0 amide bonds. The van der Waals surface area contributed by atoms with Gasteiger partial charge < -0.3 is 0 Å². The summed E-state index contributed by atoms with van der Waals surface area (Å²) in [4.78, 5) is 14.0. The molecule has 0 unspecified atom stereocenters. The fraction of sp³-hybridized carbons (Fsp3) is 0.300. The van der Waals surface area contributed by atoms with Gasteiger partial charge in [0.05, 0.1) is 0 Å². The van der Waals surface area contributed by atoms with E-state index in [2.05, 4.69) is 26.0 Å². The third-order valence-corrected chi connectivity index (χ3v) is 2.40. The Hall–Kier alpha value is -1.32. The molecule has 0 bridgehead atoms. The van der Waals surface area contributed by atoms with E-state index >= 15 is 0 Å². The van der Waals surface area contributed by atoms with E-state index in [0.29, 0.717) is 12.8 Å². The lowest BCUT2D eigenvalue weighted by Crippen LogP contribution is -2.03. The molecular formula is C10H10BrN3O. The van der Waals surface area contributed by atoms with Crippen molar-refractivity contribution in [1.29, 1.82) is 0 Å². The minimum atomic E-state index is 0.0877. The first kappa shape index (κ1) is 11.8. The number of carbonyl (C=O) groups excluding carboxylic acids is 1. The Morgan fingerprint density at radius 2 is 2.07 bits per heavy atom. The molecule has 0 saturated heterocycles. The molecule has 5 heteroatoms. The van der Waals surface area contributed by atoms with Crippen LogP contribution in [0, 0.1) is 0 Å². The first-order valence-electron chi connectivity index (χ1n) is 4.49. The van der Waals surface area contributed by atoms with Gasteiger partial charge in [-0.2, -0.15) is 0 Å². The van der Waals surface area contributed by atoms with Crippen molar-refractivity contribution in [3.63, 3.8) is 0 Å². The van der Waals surface area contributed by atoms with Gasteiger partial charge in [0, 0.05) is 28.8 Å². The van der Waals surface area contributed by atoms with Crippen LogP contribution in [0.2, 0.25) is 0 Å². The number of halogens is 1. The highest BCUT2D eigenvalue weighted by Crippen LogP contribution is 2.11. The Morgan fingerprint density at radius 3 is 2.67 bits per heavy atom. The second kappa shape index (κ2) is 6.22. The molecule has 15 heavy (non-hydrogen) atoms. The zero-order valence-electron chi connectivity index (χ0n) is 8.06. The number of azide groups is 1. The van der Waals surface area contributed by atoms with Gasteiger partial charge in [0.15, 0.2) is 0 Å². The van der Waals surface area contributed by atoms with Crippen molar-refractivity contribution < 1.29 is 4.79 Å². The predicted octanol–water partition coefficient (Wildman–Crippen LogP) is 3.26. The zero-order valence-corrected chi connectivity index (χ0v) is 9.64. The van der Waals surface area contributed by atoms with E-state index in [-0.39, 0.29) is 12.3 Å². The maximum Gasteiger partial charge on any atom is 0.137 e. The van der Waals surface area contributed by atoms with Crippen molar-refractivity contribution in [1.82, 2.24) is 0 Å². The summed E-state index contributed by atoms with van der Waals surface area (Å²) in [5.41, 5.74) is 9.02. The lowest BCUT2D eigenvalue weighted by atomic mass is 10.1. The lowest BCUT2D eigenvalue weighted by Gasteiger charge is -1.99. The second-order valence-corrected chi connectivity index (χ2v) is 3.96. The van der Waals surface area contributed by atoms with Gasteiger partial charge in [-0.05, 0) is 23.2 Å². The molecule has 0 saturated carbocycles. The van der Waals surface area contributed by atoms with Crippen LogP contribution in [0.1, 0.15) is 12.0 Å². The molecule has 0 N–H and O–H groups in total. The standard InChI is InChI=1S/C10H10BrN3O/c11-9-3-1-8(2-4-9)7-10(15)5-6-13-14-12/h1-4H,5-7H2. The van der Waals surface area contributed by atoms with Crippen LogP contribution in [0.5, 0.6) is 0 Å². The number of hydrogen-bond acceptors (Lipinski definition) is 2. The highest BCUT2D eigenvalue weighted by atomic mass is 79.9. The molecule has 4 nitrogen and oxygen atoms in total. The van der Waals surface area contributed by atoms with Crippen LogP contribution in [0.25, 0.3) is 10.4 Å². The van der Waals surface area contributed by atoms with Crippen LogP contribution in [0.3, 0.4) is 0 Å². The van der Waals surface area contributed by atoms with Crippen molar-refractivity contribution >= 4 is 21.7 Å². The van der Waals surface area contributed by atoms with Gasteiger partial charge in [-0.25, -0.2) is 0 Å². The predicted molar refractivity (Wildman–Crippen MR) is 61.5 cm³/mol. The van der Waals surface area contributed by atoms with Crippen molar-refractivity contribution in [2.45, 2.75) is 12.8 Å². The first-order valence-corrected chi connectivity index (χ1v) is 5.28. The normalized spacial score (nSPS) is 9.40. The van der Waals surface area contributed by atoms with Crippen LogP contribution in [0.4, 0.5) is 0 Å². The molecule has 0 spiro atoms. The largest absolute Gasteiger partial charge is 0.299 e. The number of hydrogen-bond donors (Lipinski definition) is 0. The Bertz CT molecular complexity index is 382. The molecule has 0 atom stereocenters. The molecule has 78 valence electrons. The highest BCUT2D eigenvalue weighted by Gasteiger charge is 2.02. The molecular weight excluding hydrogens is 258 g/mol. The summed E-state index contributed by atoms with van der Waals surface area (Å²) in [7, 11) is 0. The van der Waals surface area contributed by atoms with E-state index in [9.17, 15) is 4.79 Å². The topological polar surface area (TPSA) is 65.8 Å². The Labute approximate surface area is 96.1 Å². The minimum absolute atomic E-state index is 0.0877. The average molecular weight is 268 g/mol. The smallest absolute Gasteiger partial charge is 0.137 e. The summed E-state index contributed by atoms with van der Waals surface area (Å²) in [6.07, 6.45) is 0.703. The number of nitrogens with zero attached hydrogens (tertiary/aromatic N) is 3. The molecule has 0 aliphatic heterocycles. The monoisotopic (exact) mass is 267 g/mol. The highest BCUT2D eigenvalue weighted by molar-refractivity contribution is 9.10. The Balaban J connectivity index is 2.44. The summed E-state index contributed by atoms with van der Waals surface area (Å²) in [5.74, 6) is 0.0877. The number of ketones is 1. The molecule has 1 aromatic rings. The van der Waals surface area contributed by atoms with E-state index in [1.165, 1.54) is 0 Å². The quantitative estimate of drug-likeness (QED) is 0.459. The van der Waals surface area contributed by atoms with Crippen LogP contribution < -0.4 is 0 Å². The third kappa shape index (κ3) is 4.63. The maximum atomic E-state index is 11.4. The van der Waals surface area contributed by atoms with Crippen molar-refractivity contribution in [3.05, 3.63) is 44.7 Å². The molecule has 0 heterocycles. The Kier molecular flexibility index (Phi) is 4.87. The molecule has 0 aliphatic carbocycles. The summed E-state index contributed by atoms with van der Waals surface area (Å²) in [5, 5.41) is 3.32. The van der Waals surface area contributed by atoms with E-state index in [4.69, 9.17) is 5.53 Å². The summed E-state index contributed by atoms with van der Waals surface area (Å²) in [6.45, 7) is 0.242. The molecule has 0 fully saturated rings. The number of carbonyl (C=O) groups is 1. The van der Waals surface area contributed by atoms with E-state index in [1.54, 1.807) is 0 Å². The minimum Gasteiger partial charge on any atom is -0.299 e. The van der Waals surface area contributed by atoms with E-state index in [0.717, 1.165) is 10.0 Å². The fourth-order valence-electron chi connectivity index (χ4n) is 1.14. The zero-order chi connectivity index (χ0) is 11.1. The van der Waals surface area contributed by atoms with Gasteiger partial charge >= 0.3 is 0 Å². The van der Waals surface area contributed by atoms with Crippen LogP contribution in [0.15, 0.2) is 33.9 Å². The van der Waals surface area contributed by atoms with Crippen molar-refractivity contribution in [2.75, 3.05) is 6.54 Å². The van der Waals surface area contributed by atoms with Crippen LogP contribution in [-0.2, 0) is 11.2 Å². The first-order chi connectivity index (χ1) is 7.22. The van der Waals surface area contributed by atoms with Crippen LogP contribution >= 0.6 is 15.9 Å². The number of benzene rings is 1. The van der Waals surface area contributed by atoms with Gasteiger partial charge in [0.2, 0.25) is 0 Å². The number of rotatable bonds is 5. The van der Waals surface area contributed by atoms with E-state index < -0.39 is 0 Å². The number of Topliss-reactive ketones (excluding diaryl/α,β-unsaturated/α-hetero) is 1. The average Bonchev–Trinajstić information content (AvgIpc) is 2.22. The SMILES string of the molecule is [N-]=[N+]=NCCC(=O)Cc1ccc(Br)cc1. The van der Waals surface area contributed by atoms with Gasteiger partial charge in [-0.15, -0.1) is 0 Å². The lowest BCUT2D eigenvalue weighted by molar-refractivity contribution is -0.118. The van der Waals surface area contributed by atoms with Crippen LogP contribution in [-0.4, -0.2) is 12.3 Å². The summed E-state index contributed by atoms with van der Waals surface area (Å²) >= 11 is 3.32. The van der Waals surface area contributed by atoms with Gasteiger partial charge in [-0.1, -0.05) is 33.2 Å². The molecule has 0 radical (unpaired) electrons. The molecule has 0 aromatic heterocycles. The maximum absolute atomic E-state index is 11.4. The van der Waals surface area contributed by atoms with Crippen molar-refractivity contribution in [2.24, 2.45) is 5.11 Å². The van der Waals surface area contributed by atoms with E-state index in [1.807, 2.05) is 24.3 Å². The van der Waals surface area contributed by atoms with Crippen molar-refractivity contribution in [3.8, 4) is 0 Å². The molecule has 0 aliphatic rings. The summed E-state index contributed by atoms with van der Waals surface area (Å²) in [6, 6.07) is 7.59. The molecule has 1 aromatic carbocycles. The second-order valence-electron chi connectivity index (χ2n) is 3.05. The fourth-order valence-corrected chi connectivity index (χ4v) is 1.40. The van der Waals surface area contributed by atoms with Gasteiger partial charge in [0.1, 0.15) is 5.78 Å². The van der Waals surface area contributed by atoms with Gasteiger partial charge in [-0.3, -0.25) is 4.79 Å². The third-order valence-electron chi connectivity index (χ3n) is 1.87. The van der Waals surface area contributed by atoms with Gasteiger partial charge in [0.25, 0.3) is 0 Å². The Morgan fingerprint density at radius 1 is 1.40 bits per heavy atom. The molecule has 1 rings (SSSR count).